The van der Waals surface area contributed by atoms with Crippen LogP contribution in [0, 0.1) is 6.92 Å². The first kappa shape index (κ1) is 12.7. The molecule has 0 aliphatic heterocycles. The van der Waals surface area contributed by atoms with Crippen molar-refractivity contribution >= 4 is 0 Å². The Hall–Kier alpha value is -1.76. The molecule has 1 heteroatoms. The van der Waals surface area contributed by atoms with Crippen molar-refractivity contribution in [2.75, 3.05) is 0 Å². The molecule has 0 aliphatic carbocycles. The van der Waals surface area contributed by atoms with Gasteiger partial charge in [-0.05, 0) is 46.7 Å². The molecular formula is C17H20O. The molecule has 0 amide bonds. The zero-order valence-corrected chi connectivity index (χ0v) is 11.5. The quantitative estimate of drug-likeness (QED) is 0.768. The molecule has 2 aromatic carbocycles. The molecule has 0 aliphatic rings. The average Bonchev–Trinajstić information content (AvgIpc) is 2.27. The normalized spacial score (nSPS) is 11.6. The highest BCUT2D eigenvalue weighted by Crippen LogP contribution is 2.32. The third-order valence-electron chi connectivity index (χ3n) is 3.24. The monoisotopic (exact) mass is 240 g/mol. The Balaban J connectivity index is 2.60. The van der Waals surface area contributed by atoms with Gasteiger partial charge in [-0.2, -0.15) is 0 Å². The lowest BCUT2D eigenvalue weighted by Gasteiger charge is -2.20. The summed E-state index contributed by atoms with van der Waals surface area (Å²) in [4.78, 5) is 0. The van der Waals surface area contributed by atoms with Crippen LogP contribution in [-0.2, 0) is 5.41 Å². The Bertz CT molecular complexity index is 562. The standard InChI is InChI=1S/C17H20O/c1-12-7-5-6-8-16(12)13-9-14(17(2,3)4)11-15(18)10-13/h5-11,18H,1-4H3. The molecule has 0 radical (unpaired) electrons. The molecule has 94 valence electrons. The molecule has 0 fully saturated rings. The van der Waals surface area contributed by atoms with Crippen LogP contribution in [0.3, 0.4) is 0 Å². The van der Waals surface area contributed by atoms with Gasteiger partial charge < -0.3 is 5.11 Å². The van der Waals surface area contributed by atoms with Gasteiger partial charge >= 0.3 is 0 Å². The predicted octanol–water partition coefficient (Wildman–Crippen LogP) is 4.67. The van der Waals surface area contributed by atoms with Crippen LogP contribution in [-0.4, -0.2) is 5.11 Å². The molecule has 1 N–H and O–H groups in total. The molecule has 0 aromatic heterocycles. The van der Waals surface area contributed by atoms with Gasteiger partial charge in [-0.1, -0.05) is 51.1 Å². The highest BCUT2D eigenvalue weighted by atomic mass is 16.3. The van der Waals surface area contributed by atoms with Crippen LogP contribution in [0.5, 0.6) is 5.75 Å². The van der Waals surface area contributed by atoms with Crippen LogP contribution in [0.25, 0.3) is 11.1 Å². The van der Waals surface area contributed by atoms with Crippen molar-refractivity contribution in [1.29, 1.82) is 0 Å². The lowest BCUT2D eigenvalue weighted by molar-refractivity contribution is 0.471. The van der Waals surface area contributed by atoms with E-state index in [0.717, 1.165) is 11.1 Å². The first-order valence-electron chi connectivity index (χ1n) is 6.28. The lowest BCUT2D eigenvalue weighted by atomic mass is 9.85. The fourth-order valence-corrected chi connectivity index (χ4v) is 2.10. The van der Waals surface area contributed by atoms with Crippen LogP contribution in [0.2, 0.25) is 0 Å². The molecule has 0 saturated carbocycles. The number of phenols is 1. The van der Waals surface area contributed by atoms with E-state index in [1.54, 1.807) is 0 Å². The number of benzene rings is 2. The molecule has 0 saturated heterocycles. The van der Waals surface area contributed by atoms with Crippen molar-refractivity contribution in [3.05, 3.63) is 53.6 Å². The zero-order chi connectivity index (χ0) is 13.3. The fraction of sp³-hybridized carbons (Fsp3) is 0.294. The van der Waals surface area contributed by atoms with E-state index in [2.05, 4.69) is 45.9 Å². The molecule has 2 rings (SSSR count). The minimum absolute atomic E-state index is 0.0379. The molecule has 0 heterocycles. The van der Waals surface area contributed by atoms with Crippen LogP contribution < -0.4 is 0 Å². The molecule has 0 unspecified atom stereocenters. The maximum Gasteiger partial charge on any atom is 0.116 e. The topological polar surface area (TPSA) is 20.2 Å². The van der Waals surface area contributed by atoms with E-state index in [-0.39, 0.29) is 5.41 Å². The number of aromatic hydroxyl groups is 1. The first-order valence-corrected chi connectivity index (χ1v) is 6.28. The van der Waals surface area contributed by atoms with Crippen molar-refractivity contribution < 1.29 is 5.11 Å². The second-order valence-corrected chi connectivity index (χ2v) is 5.83. The number of hydrogen-bond acceptors (Lipinski definition) is 1. The van der Waals surface area contributed by atoms with Gasteiger partial charge in [0, 0.05) is 0 Å². The van der Waals surface area contributed by atoms with Gasteiger partial charge in [0.25, 0.3) is 0 Å². The third-order valence-corrected chi connectivity index (χ3v) is 3.24. The van der Waals surface area contributed by atoms with Crippen LogP contribution in [0.15, 0.2) is 42.5 Å². The minimum atomic E-state index is 0.0379. The zero-order valence-electron chi connectivity index (χ0n) is 11.5. The van der Waals surface area contributed by atoms with E-state index >= 15 is 0 Å². The van der Waals surface area contributed by atoms with Crippen molar-refractivity contribution in [3.63, 3.8) is 0 Å². The van der Waals surface area contributed by atoms with Gasteiger partial charge in [-0.25, -0.2) is 0 Å². The lowest BCUT2D eigenvalue weighted by Crippen LogP contribution is -2.10. The Morgan fingerprint density at radius 3 is 2.22 bits per heavy atom. The molecule has 2 aromatic rings. The Morgan fingerprint density at radius 2 is 1.61 bits per heavy atom. The summed E-state index contributed by atoms with van der Waals surface area (Å²) in [7, 11) is 0. The molecule has 18 heavy (non-hydrogen) atoms. The molecular weight excluding hydrogens is 220 g/mol. The maximum atomic E-state index is 9.91. The smallest absolute Gasteiger partial charge is 0.116 e. The Morgan fingerprint density at radius 1 is 0.944 bits per heavy atom. The summed E-state index contributed by atoms with van der Waals surface area (Å²) in [6.45, 7) is 8.56. The highest BCUT2D eigenvalue weighted by molar-refractivity contribution is 5.69. The molecule has 0 bridgehead atoms. The highest BCUT2D eigenvalue weighted by Gasteiger charge is 2.16. The fourth-order valence-electron chi connectivity index (χ4n) is 2.10. The van der Waals surface area contributed by atoms with Crippen LogP contribution in [0.4, 0.5) is 0 Å². The summed E-state index contributed by atoms with van der Waals surface area (Å²) in [5.74, 6) is 0.334. The summed E-state index contributed by atoms with van der Waals surface area (Å²) in [6, 6.07) is 14.1. The Labute approximate surface area is 109 Å². The van der Waals surface area contributed by atoms with Gasteiger partial charge in [0.15, 0.2) is 0 Å². The summed E-state index contributed by atoms with van der Waals surface area (Å²) in [5.41, 5.74) is 4.68. The number of aryl methyl sites for hydroxylation is 1. The second kappa shape index (κ2) is 4.49. The first-order chi connectivity index (χ1) is 8.38. The second-order valence-electron chi connectivity index (χ2n) is 5.83. The maximum absolute atomic E-state index is 9.91. The minimum Gasteiger partial charge on any atom is -0.508 e. The average molecular weight is 240 g/mol. The van der Waals surface area contributed by atoms with Crippen molar-refractivity contribution in [3.8, 4) is 16.9 Å². The van der Waals surface area contributed by atoms with Gasteiger partial charge in [-0.3, -0.25) is 0 Å². The molecule has 1 nitrogen and oxygen atoms in total. The number of rotatable bonds is 1. The number of hydrogen-bond donors (Lipinski definition) is 1. The van der Waals surface area contributed by atoms with E-state index < -0.39 is 0 Å². The molecule has 0 spiro atoms. The Kier molecular flexibility index (Phi) is 3.16. The van der Waals surface area contributed by atoms with Crippen LogP contribution >= 0.6 is 0 Å². The van der Waals surface area contributed by atoms with Gasteiger partial charge in [0.2, 0.25) is 0 Å². The van der Waals surface area contributed by atoms with Crippen molar-refractivity contribution in [2.24, 2.45) is 0 Å². The summed E-state index contributed by atoms with van der Waals surface area (Å²) in [5, 5.41) is 9.91. The summed E-state index contributed by atoms with van der Waals surface area (Å²) >= 11 is 0. The van der Waals surface area contributed by atoms with Gasteiger partial charge in [-0.15, -0.1) is 0 Å². The van der Waals surface area contributed by atoms with E-state index in [0.29, 0.717) is 5.75 Å². The third kappa shape index (κ3) is 2.56. The predicted molar refractivity (Wildman–Crippen MR) is 77.0 cm³/mol. The van der Waals surface area contributed by atoms with Gasteiger partial charge in [0.05, 0.1) is 0 Å². The van der Waals surface area contributed by atoms with E-state index in [9.17, 15) is 5.11 Å². The molecule has 0 atom stereocenters. The van der Waals surface area contributed by atoms with Crippen molar-refractivity contribution in [1.82, 2.24) is 0 Å². The number of phenolic OH excluding ortho intramolecular Hbond substituents is 1. The summed E-state index contributed by atoms with van der Waals surface area (Å²) in [6.07, 6.45) is 0. The SMILES string of the molecule is Cc1ccccc1-c1cc(O)cc(C(C)(C)C)c1. The van der Waals surface area contributed by atoms with E-state index in [1.165, 1.54) is 11.1 Å². The van der Waals surface area contributed by atoms with Gasteiger partial charge in [0.1, 0.15) is 5.75 Å². The van der Waals surface area contributed by atoms with E-state index in [1.807, 2.05) is 24.3 Å². The van der Waals surface area contributed by atoms with Crippen molar-refractivity contribution in [2.45, 2.75) is 33.1 Å². The van der Waals surface area contributed by atoms with E-state index in [4.69, 9.17) is 0 Å². The summed E-state index contributed by atoms with van der Waals surface area (Å²) < 4.78 is 0. The van der Waals surface area contributed by atoms with Crippen LogP contribution in [0.1, 0.15) is 31.9 Å². The largest absolute Gasteiger partial charge is 0.508 e.